The maximum absolute atomic E-state index is 13.4. The molecule has 1 aromatic heterocycles. The van der Waals surface area contributed by atoms with Gasteiger partial charge in [-0.05, 0) is 19.1 Å². The smallest absolute Gasteiger partial charge is 0.154 e. The van der Waals surface area contributed by atoms with Crippen LogP contribution in [0.5, 0.6) is 0 Å². The molecular formula is C10H9FN4. The molecule has 0 unspecified atom stereocenters. The minimum absolute atomic E-state index is 0.188. The highest BCUT2D eigenvalue weighted by Crippen LogP contribution is 2.23. The Morgan fingerprint density at radius 2 is 1.93 bits per heavy atom. The zero-order chi connectivity index (χ0) is 10.8. The molecule has 0 amide bonds. The van der Waals surface area contributed by atoms with Gasteiger partial charge in [-0.25, -0.2) is 9.37 Å². The second-order valence-corrected chi connectivity index (χ2v) is 3.07. The van der Waals surface area contributed by atoms with Crippen LogP contribution in [0.1, 0.15) is 5.82 Å². The van der Waals surface area contributed by atoms with Crippen LogP contribution in [0.15, 0.2) is 24.3 Å². The Bertz CT molecular complexity index is 499. The van der Waals surface area contributed by atoms with Crippen LogP contribution in [-0.2, 0) is 0 Å². The number of benzene rings is 1. The lowest BCUT2D eigenvalue weighted by Crippen LogP contribution is -2.02. The summed E-state index contributed by atoms with van der Waals surface area (Å²) in [6.45, 7) is 1.68. The molecular weight excluding hydrogens is 195 g/mol. The molecule has 0 radical (unpaired) electrons. The monoisotopic (exact) mass is 204 g/mol. The first-order chi connectivity index (χ1) is 7.18. The lowest BCUT2D eigenvalue weighted by Gasteiger charge is -2.04. The number of hydrogen-bond acceptors (Lipinski definition) is 4. The third-order valence-corrected chi connectivity index (χ3v) is 1.95. The van der Waals surface area contributed by atoms with E-state index in [9.17, 15) is 4.39 Å². The fourth-order valence-electron chi connectivity index (χ4n) is 1.27. The Hall–Kier alpha value is -2.04. The Balaban J connectivity index is 2.60. The first-order valence-corrected chi connectivity index (χ1v) is 4.40. The number of halogens is 1. The zero-order valence-electron chi connectivity index (χ0n) is 8.11. The van der Waals surface area contributed by atoms with Gasteiger partial charge in [0.2, 0.25) is 0 Å². The van der Waals surface area contributed by atoms with Crippen LogP contribution in [-0.4, -0.2) is 15.2 Å². The largest absolute Gasteiger partial charge is 0.382 e. The molecule has 1 aromatic carbocycles. The summed E-state index contributed by atoms with van der Waals surface area (Å²) in [6, 6.07) is 6.24. The molecule has 1 heterocycles. The number of nitrogens with two attached hydrogens (primary N) is 1. The second kappa shape index (κ2) is 3.61. The minimum Gasteiger partial charge on any atom is -0.382 e. The van der Waals surface area contributed by atoms with Crippen molar-refractivity contribution in [2.24, 2.45) is 0 Å². The van der Waals surface area contributed by atoms with Crippen molar-refractivity contribution >= 4 is 5.82 Å². The van der Waals surface area contributed by atoms with E-state index in [0.29, 0.717) is 11.4 Å². The maximum Gasteiger partial charge on any atom is 0.154 e. The molecule has 0 bridgehead atoms. The minimum atomic E-state index is -0.385. The standard InChI is InChI=1S/C10H9FN4/c1-6-13-10(12)9(15-14-6)7-4-2-3-5-8(7)11/h2-5H,1H3,(H2,12,13,14). The van der Waals surface area contributed by atoms with Gasteiger partial charge in [0.15, 0.2) is 5.82 Å². The fraction of sp³-hybridized carbons (Fsp3) is 0.100. The van der Waals surface area contributed by atoms with Gasteiger partial charge in [0.25, 0.3) is 0 Å². The summed E-state index contributed by atoms with van der Waals surface area (Å²) in [6.07, 6.45) is 0. The van der Waals surface area contributed by atoms with Gasteiger partial charge in [-0.3, -0.25) is 0 Å². The van der Waals surface area contributed by atoms with E-state index < -0.39 is 0 Å². The number of anilines is 1. The summed E-state index contributed by atoms with van der Waals surface area (Å²) in [4.78, 5) is 3.93. The maximum atomic E-state index is 13.4. The van der Waals surface area contributed by atoms with Gasteiger partial charge in [-0.1, -0.05) is 12.1 Å². The van der Waals surface area contributed by atoms with Crippen LogP contribution in [0.2, 0.25) is 0 Å². The van der Waals surface area contributed by atoms with E-state index in [4.69, 9.17) is 5.73 Å². The van der Waals surface area contributed by atoms with E-state index in [-0.39, 0.29) is 17.3 Å². The number of hydrogen-bond donors (Lipinski definition) is 1. The normalized spacial score (nSPS) is 10.3. The van der Waals surface area contributed by atoms with Crippen LogP contribution in [0, 0.1) is 12.7 Å². The summed E-state index contributed by atoms with van der Waals surface area (Å²) in [7, 11) is 0. The van der Waals surface area contributed by atoms with Gasteiger partial charge in [0.1, 0.15) is 17.3 Å². The van der Waals surface area contributed by atoms with Crippen molar-refractivity contribution in [3.05, 3.63) is 35.9 Å². The zero-order valence-corrected chi connectivity index (χ0v) is 8.11. The Kier molecular flexibility index (Phi) is 2.29. The first kappa shape index (κ1) is 9.51. The molecule has 76 valence electrons. The lowest BCUT2D eigenvalue weighted by molar-refractivity contribution is 0.630. The molecule has 0 fully saturated rings. The Morgan fingerprint density at radius 3 is 2.60 bits per heavy atom. The summed E-state index contributed by atoms with van der Waals surface area (Å²) >= 11 is 0. The van der Waals surface area contributed by atoms with Gasteiger partial charge >= 0.3 is 0 Å². The van der Waals surface area contributed by atoms with Gasteiger partial charge < -0.3 is 5.73 Å². The molecule has 4 nitrogen and oxygen atoms in total. The van der Waals surface area contributed by atoms with Crippen LogP contribution in [0.4, 0.5) is 10.2 Å². The highest BCUT2D eigenvalue weighted by Gasteiger charge is 2.10. The van der Waals surface area contributed by atoms with E-state index in [1.165, 1.54) is 6.07 Å². The Labute approximate surface area is 86.0 Å². The molecule has 2 aromatic rings. The van der Waals surface area contributed by atoms with E-state index in [1.807, 2.05) is 0 Å². The molecule has 0 saturated carbocycles. The Morgan fingerprint density at radius 1 is 1.20 bits per heavy atom. The van der Waals surface area contributed by atoms with Crippen molar-refractivity contribution < 1.29 is 4.39 Å². The summed E-state index contributed by atoms with van der Waals surface area (Å²) in [5, 5.41) is 7.58. The van der Waals surface area contributed by atoms with Gasteiger partial charge in [-0.2, -0.15) is 0 Å². The van der Waals surface area contributed by atoms with Crippen molar-refractivity contribution in [3.63, 3.8) is 0 Å². The number of aromatic nitrogens is 3. The molecule has 0 saturated heterocycles. The van der Waals surface area contributed by atoms with Crippen LogP contribution < -0.4 is 5.73 Å². The third-order valence-electron chi connectivity index (χ3n) is 1.95. The van der Waals surface area contributed by atoms with Gasteiger partial charge in [0, 0.05) is 5.56 Å². The van der Waals surface area contributed by atoms with Crippen LogP contribution in [0.25, 0.3) is 11.3 Å². The predicted molar refractivity (Wildman–Crippen MR) is 54.4 cm³/mol. The van der Waals surface area contributed by atoms with Crippen molar-refractivity contribution in [1.29, 1.82) is 0 Å². The highest BCUT2D eigenvalue weighted by atomic mass is 19.1. The lowest BCUT2D eigenvalue weighted by atomic mass is 10.1. The van der Waals surface area contributed by atoms with Crippen LogP contribution >= 0.6 is 0 Å². The second-order valence-electron chi connectivity index (χ2n) is 3.07. The summed E-state index contributed by atoms with van der Waals surface area (Å²) in [5.74, 6) is 0.268. The van der Waals surface area contributed by atoms with E-state index >= 15 is 0 Å². The van der Waals surface area contributed by atoms with Crippen LogP contribution in [0.3, 0.4) is 0 Å². The summed E-state index contributed by atoms with van der Waals surface area (Å²) in [5.41, 5.74) is 6.23. The number of rotatable bonds is 1. The van der Waals surface area contributed by atoms with Crippen molar-refractivity contribution in [2.75, 3.05) is 5.73 Å². The molecule has 0 aliphatic carbocycles. The molecule has 0 aliphatic heterocycles. The van der Waals surface area contributed by atoms with Gasteiger partial charge in [0.05, 0.1) is 0 Å². The molecule has 0 aliphatic rings. The summed E-state index contributed by atoms with van der Waals surface area (Å²) < 4.78 is 13.4. The fourth-order valence-corrected chi connectivity index (χ4v) is 1.27. The average Bonchev–Trinajstić information content (AvgIpc) is 2.20. The third kappa shape index (κ3) is 1.76. The number of nitrogens with zero attached hydrogens (tertiary/aromatic N) is 3. The highest BCUT2D eigenvalue weighted by molar-refractivity contribution is 5.69. The molecule has 0 atom stereocenters. The number of aryl methyl sites for hydroxylation is 1. The predicted octanol–water partition coefficient (Wildman–Crippen LogP) is 1.57. The quantitative estimate of drug-likeness (QED) is 0.765. The van der Waals surface area contributed by atoms with E-state index in [0.717, 1.165) is 0 Å². The molecule has 2 rings (SSSR count). The molecule has 15 heavy (non-hydrogen) atoms. The van der Waals surface area contributed by atoms with E-state index in [2.05, 4.69) is 15.2 Å². The number of nitrogen functional groups attached to an aromatic ring is 1. The SMILES string of the molecule is Cc1nnc(-c2ccccc2F)c(N)n1. The van der Waals surface area contributed by atoms with Crippen molar-refractivity contribution in [3.8, 4) is 11.3 Å². The topological polar surface area (TPSA) is 64.7 Å². The first-order valence-electron chi connectivity index (χ1n) is 4.40. The van der Waals surface area contributed by atoms with Gasteiger partial charge in [-0.15, -0.1) is 10.2 Å². The van der Waals surface area contributed by atoms with E-state index in [1.54, 1.807) is 25.1 Å². The molecule has 5 heteroatoms. The average molecular weight is 204 g/mol. The van der Waals surface area contributed by atoms with Crippen molar-refractivity contribution in [2.45, 2.75) is 6.92 Å². The van der Waals surface area contributed by atoms with Crippen molar-refractivity contribution in [1.82, 2.24) is 15.2 Å². The molecule has 2 N–H and O–H groups in total. The molecule has 0 spiro atoms.